The molecule has 7 heteroatoms. The van der Waals surface area contributed by atoms with Crippen molar-refractivity contribution in [2.45, 2.75) is 238 Å². The maximum absolute atomic E-state index is 13.2. The second-order valence-electron chi connectivity index (χ2n) is 15.2. The van der Waals surface area contributed by atoms with Gasteiger partial charge in [0.25, 0.3) is 0 Å². The van der Waals surface area contributed by atoms with Crippen molar-refractivity contribution in [1.82, 2.24) is 0 Å². The molecule has 0 aliphatic carbocycles. The van der Waals surface area contributed by atoms with E-state index >= 15 is 0 Å². The number of unbranched alkanes of at least 4 members (excludes halogenated alkanes) is 27. The van der Waals surface area contributed by atoms with Gasteiger partial charge in [-0.25, -0.2) is 4.79 Å². The fraction of sp³-hybridized carbons (Fsp3) is 0.929. The number of carboxylic acid groups (broad SMARTS) is 3. The molecular weight excluding hydrogens is 616 g/mol. The lowest BCUT2D eigenvalue weighted by molar-refractivity contribution is -0.207. The van der Waals surface area contributed by atoms with Crippen LogP contribution < -0.4 is 0 Å². The van der Waals surface area contributed by atoms with Crippen LogP contribution in [0.4, 0.5) is 0 Å². The third kappa shape index (κ3) is 20.1. The molecule has 2 atom stereocenters. The minimum Gasteiger partial charge on any atom is -0.481 e. The molecule has 0 aliphatic rings. The van der Waals surface area contributed by atoms with E-state index in [4.69, 9.17) is 0 Å². The molecule has 0 heterocycles. The van der Waals surface area contributed by atoms with Crippen LogP contribution >= 0.6 is 0 Å². The van der Waals surface area contributed by atoms with E-state index in [9.17, 15) is 34.8 Å². The van der Waals surface area contributed by atoms with E-state index in [1.807, 2.05) is 0 Å². The van der Waals surface area contributed by atoms with E-state index in [0.717, 1.165) is 77.0 Å². The molecule has 0 saturated heterocycles. The Bertz CT molecular complexity index is 789. The molecule has 0 aliphatic heterocycles. The summed E-state index contributed by atoms with van der Waals surface area (Å²) in [4.78, 5) is 38.9. The molecule has 0 bridgehead atoms. The zero-order valence-electron chi connectivity index (χ0n) is 32.4. The molecule has 4 N–H and O–H groups in total. The largest absolute Gasteiger partial charge is 0.481 e. The number of hydrogen-bond donors (Lipinski definition) is 4. The van der Waals surface area contributed by atoms with Crippen LogP contribution in [0, 0.1) is 11.3 Å². The van der Waals surface area contributed by atoms with Gasteiger partial charge in [0.15, 0.2) is 5.60 Å². The Hall–Kier alpha value is -1.63. The molecule has 0 rings (SSSR count). The first-order valence-electron chi connectivity index (χ1n) is 21.1. The Kier molecular flexibility index (Phi) is 30.1. The second-order valence-corrected chi connectivity index (χ2v) is 15.2. The standard InChI is InChI=1S/C42H80O7/c1-4-7-10-13-16-19-22-25-28-31-34-37(38(43)44)42(49,40(47)48)41(39(45)46,35-32-29-26-23-20-17-14-11-8-5-2)36-33-30-27-24-21-18-15-12-9-6-3/h37,49H,4-36H2,1-3H3,(H,43,44)(H,45,46)(H,47,48). The topological polar surface area (TPSA) is 132 Å². The first-order valence-corrected chi connectivity index (χ1v) is 21.1. The monoisotopic (exact) mass is 697 g/mol. The predicted octanol–water partition coefficient (Wildman–Crippen LogP) is 12.5. The molecule has 2 unspecified atom stereocenters. The number of aliphatic hydroxyl groups is 1. The average Bonchev–Trinajstić information content (AvgIpc) is 3.07. The maximum atomic E-state index is 13.2. The van der Waals surface area contributed by atoms with Gasteiger partial charge in [-0.1, -0.05) is 213 Å². The van der Waals surface area contributed by atoms with Gasteiger partial charge in [0.1, 0.15) is 5.41 Å². The number of aliphatic carboxylic acids is 3. The highest BCUT2D eigenvalue weighted by molar-refractivity contribution is 5.93. The molecular formula is C42H80O7. The van der Waals surface area contributed by atoms with Gasteiger partial charge in [-0.15, -0.1) is 0 Å². The van der Waals surface area contributed by atoms with Gasteiger partial charge in [-0.2, -0.15) is 0 Å². The van der Waals surface area contributed by atoms with Crippen LogP contribution in [0.1, 0.15) is 233 Å². The maximum Gasteiger partial charge on any atom is 0.337 e. The summed E-state index contributed by atoms with van der Waals surface area (Å²) in [6.45, 7) is 6.61. The Morgan fingerprint density at radius 3 is 0.918 bits per heavy atom. The van der Waals surface area contributed by atoms with Crippen LogP contribution in [-0.4, -0.2) is 43.9 Å². The first-order chi connectivity index (χ1) is 23.7. The molecule has 7 nitrogen and oxygen atoms in total. The van der Waals surface area contributed by atoms with E-state index in [0.29, 0.717) is 19.3 Å². The molecule has 0 spiro atoms. The summed E-state index contributed by atoms with van der Waals surface area (Å²) in [5.74, 6) is -6.19. The highest BCUT2D eigenvalue weighted by Gasteiger charge is 2.65. The van der Waals surface area contributed by atoms with Crippen LogP contribution in [0.5, 0.6) is 0 Å². The average molecular weight is 697 g/mol. The van der Waals surface area contributed by atoms with Crippen LogP contribution in [0.2, 0.25) is 0 Å². The fourth-order valence-corrected chi connectivity index (χ4v) is 7.75. The molecule has 0 aromatic rings. The van der Waals surface area contributed by atoms with Gasteiger partial charge in [0, 0.05) is 0 Å². The van der Waals surface area contributed by atoms with Gasteiger partial charge in [0.05, 0.1) is 5.92 Å². The van der Waals surface area contributed by atoms with Gasteiger partial charge in [-0.3, -0.25) is 9.59 Å². The highest BCUT2D eigenvalue weighted by Crippen LogP contribution is 2.48. The lowest BCUT2D eigenvalue weighted by Gasteiger charge is -2.45. The summed E-state index contributed by atoms with van der Waals surface area (Å²) in [5, 5.41) is 43.7. The predicted molar refractivity (Wildman–Crippen MR) is 203 cm³/mol. The van der Waals surface area contributed by atoms with Gasteiger partial charge in [0.2, 0.25) is 0 Å². The van der Waals surface area contributed by atoms with Crippen molar-refractivity contribution in [1.29, 1.82) is 0 Å². The van der Waals surface area contributed by atoms with E-state index in [2.05, 4.69) is 20.8 Å². The smallest absolute Gasteiger partial charge is 0.337 e. The summed E-state index contributed by atoms with van der Waals surface area (Å²) >= 11 is 0. The van der Waals surface area contributed by atoms with Crippen molar-refractivity contribution >= 4 is 17.9 Å². The van der Waals surface area contributed by atoms with E-state index < -0.39 is 34.8 Å². The molecule has 0 aromatic carbocycles. The fourth-order valence-electron chi connectivity index (χ4n) is 7.75. The number of carboxylic acids is 3. The Labute approximate surface area is 301 Å². The number of carbonyl (C=O) groups is 3. The third-order valence-electron chi connectivity index (χ3n) is 11.0. The molecule has 0 aromatic heterocycles. The summed E-state index contributed by atoms with van der Waals surface area (Å²) in [7, 11) is 0. The highest BCUT2D eigenvalue weighted by atomic mass is 16.4. The lowest BCUT2D eigenvalue weighted by atomic mass is 9.59. The third-order valence-corrected chi connectivity index (χ3v) is 11.0. The second kappa shape index (κ2) is 31.1. The van der Waals surface area contributed by atoms with Crippen molar-refractivity contribution in [3.05, 3.63) is 0 Å². The molecule has 290 valence electrons. The quantitative estimate of drug-likeness (QED) is 0.0472. The minimum atomic E-state index is -2.89. The Morgan fingerprint density at radius 2 is 0.673 bits per heavy atom. The zero-order valence-corrected chi connectivity index (χ0v) is 32.4. The number of hydrogen-bond acceptors (Lipinski definition) is 4. The van der Waals surface area contributed by atoms with Gasteiger partial charge >= 0.3 is 17.9 Å². The van der Waals surface area contributed by atoms with Gasteiger partial charge < -0.3 is 20.4 Å². The minimum absolute atomic E-state index is 0.0269. The van der Waals surface area contributed by atoms with Gasteiger partial charge in [-0.05, 0) is 19.3 Å². The van der Waals surface area contributed by atoms with Crippen LogP contribution in [0.25, 0.3) is 0 Å². The zero-order chi connectivity index (χ0) is 36.6. The van der Waals surface area contributed by atoms with Crippen LogP contribution in [-0.2, 0) is 14.4 Å². The SMILES string of the molecule is CCCCCCCCCCCCC(C(=O)O)C(O)(C(=O)O)C(CCCCCCCCCCCC)(CCCCCCCCCCCC)C(=O)O. The van der Waals surface area contributed by atoms with Crippen molar-refractivity contribution in [3.8, 4) is 0 Å². The summed E-state index contributed by atoms with van der Waals surface area (Å²) in [6.07, 6.45) is 31.3. The van der Waals surface area contributed by atoms with Crippen molar-refractivity contribution in [3.63, 3.8) is 0 Å². The first kappa shape index (κ1) is 47.4. The summed E-state index contributed by atoms with van der Waals surface area (Å²) < 4.78 is 0. The van der Waals surface area contributed by atoms with E-state index in [1.165, 1.54) is 96.3 Å². The molecule has 0 fully saturated rings. The van der Waals surface area contributed by atoms with E-state index in [-0.39, 0.29) is 19.3 Å². The Morgan fingerprint density at radius 1 is 0.408 bits per heavy atom. The summed E-state index contributed by atoms with van der Waals surface area (Å²) in [5.41, 5.74) is -4.94. The summed E-state index contributed by atoms with van der Waals surface area (Å²) in [6, 6.07) is 0. The molecule has 0 radical (unpaired) electrons. The van der Waals surface area contributed by atoms with Crippen molar-refractivity contribution in [2.75, 3.05) is 0 Å². The number of rotatable bonds is 38. The molecule has 0 saturated carbocycles. The van der Waals surface area contributed by atoms with Crippen molar-refractivity contribution in [2.24, 2.45) is 11.3 Å². The molecule has 0 amide bonds. The van der Waals surface area contributed by atoms with Crippen LogP contribution in [0.3, 0.4) is 0 Å². The lowest BCUT2D eigenvalue weighted by Crippen LogP contribution is -2.64. The van der Waals surface area contributed by atoms with E-state index in [1.54, 1.807) is 0 Å². The van der Waals surface area contributed by atoms with Crippen molar-refractivity contribution < 1.29 is 34.8 Å². The Balaban J connectivity index is 5.56. The molecule has 49 heavy (non-hydrogen) atoms. The normalized spacial score (nSPS) is 13.7. The van der Waals surface area contributed by atoms with Crippen LogP contribution in [0.15, 0.2) is 0 Å².